The molecule has 0 aliphatic rings. The molecule has 0 unspecified atom stereocenters. The molecular formula is C10H11ClFNO2. The van der Waals surface area contributed by atoms with Gasteiger partial charge >= 0.3 is 5.97 Å². The van der Waals surface area contributed by atoms with E-state index in [1.807, 2.05) is 0 Å². The maximum atomic E-state index is 12.9. The molecule has 1 rings (SSSR count). The fourth-order valence-corrected chi connectivity index (χ4v) is 1.31. The van der Waals surface area contributed by atoms with Gasteiger partial charge in [-0.25, -0.2) is 4.39 Å². The smallest absolute Gasteiger partial charge is 0.310 e. The second kappa shape index (κ2) is 4.98. The third-order valence-electron chi connectivity index (χ3n) is 1.86. The minimum atomic E-state index is -0.596. The van der Waals surface area contributed by atoms with Gasteiger partial charge in [-0.2, -0.15) is 0 Å². The number of ether oxygens (including phenoxy) is 1. The average Bonchev–Trinajstić information content (AvgIpc) is 2.20. The van der Waals surface area contributed by atoms with Gasteiger partial charge in [-0.15, -0.1) is 0 Å². The summed E-state index contributed by atoms with van der Waals surface area (Å²) in [5.41, 5.74) is 6.11. The molecule has 3 nitrogen and oxygen atoms in total. The maximum Gasteiger partial charge on any atom is 0.310 e. The van der Waals surface area contributed by atoms with Gasteiger partial charge in [-0.1, -0.05) is 17.7 Å². The van der Waals surface area contributed by atoms with Gasteiger partial charge in [0, 0.05) is 0 Å². The summed E-state index contributed by atoms with van der Waals surface area (Å²) in [5.74, 6) is -1.01. The average molecular weight is 232 g/mol. The van der Waals surface area contributed by atoms with E-state index in [2.05, 4.69) is 0 Å². The largest absolute Gasteiger partial charge is 0.466 e. The van der Waals surface area contributed by atoms with E-state index in [0.29, 0.717) is 12.2 Å². The molecule has 0 saturated heterocycles. The number of benzene rings is 1. The highest BCUT2D eigenvalue weighted by Crippen LogP contribution is 2.26. The van der Waals surface area contributed by atoms with Crippen molar-refractivity contribution in [2.24, 2.45) is 0 Å². The Kier molecular flexibility index (Phi) is 3.91. The molecule has 0 aliphatic carbocycles. The summed E-state index contributed by atoms with van der Waals surface area (Å²) in [7, 11) is 0. The van der Waals surface area contributed by atoms with Crippen LogP contribution in [-0.4, -0.2) is 12.6 Å². The van der Waals surface area contributed by atoms with E-state index in [-0.39, 0.29) is 17.1 Å². The predicted octanol–water partition coefficient (Wildman–Crippen LogP) is 2.17. The lowest BCUT2D eigenvalue weighted by Crippen LogP contribution is -2.09. The van der Waals surface area contributed by atoms with E-state index < -0.39 is 11.8 Å². The lowest BCUT2D eigenvalue weighted by Gasteiger charge is -2.07. The molecule has 5 heteroatoms. The Morgan fingerprint density at radius 2 is 2.27 bits per heavy atom. The minimum absolute atomic E-state index is 0.000324. The molecule has 2 N–H and O–H groups in total. The number of nitrogens with two attached hydrogens (primary N) is 1. The van der Waals surface area contributed by atoms with Gasteiger partial charge in [0.15, 0.2) is 0 Å². The summed E-state index contributed by atoms with van der Waals surface area (Å²) in [5, 5.41) is -0.156. The molecule has 0 atom stereocenters. The van der Waals surface area contributed by atoms with Gasteiger partial charge in [0.1, 0.15) is 5.82 Å². The topological polar surface area (TPSA) is 52.3 Å². The van der Waals surface area contributed by atoms with Crippen LogP contribution in [0, 0.1) is 5.82 Å². The normalized spacial score (nSPS) is 10.1. The molecule has 0 bridgehead atoms. The Morgan fingerprint density at radius 3 is 2.87 bits per heavy atom. The predicted molar refractivity (Wildman–Crippen MR) is 56.2 cm³/mol. The highest BCUT2D eigenvalue weighted by atomic mass is 35.5. The van der Waals surface area contributed by atoms with Crippen LogP contribution in [0.4, 0.5) is 10.1 Å². The van der Waals surface area contributed by atoms with Crippen LogP contribution < -0.4 is 5.73 Å². The highest BCUT2D eigenvalue weighted by Gasteiger charge is 2.12. The standard InChI is InChI=1S/C10H11ClFNO2/c1-2-15-8(14)5-6-3-4-7(12)9(11)10(6)13/h3-4H,2,5,13H2,1H3. The molecule has 0 radical (unpaired) electrons. The third-order valence-corrected chi connectivity index (χ3v) is 2.25. The van der Waals surface area contributed by atoms with Crippen molar-refractivity contribution in [2.75, 3.05) is 12.3 Å². The van der Waals surface area contributed by atoms with Crippen molar-refractivity contribution in [1.29, 1.82) is 0 Å². The Morgan fingerprint density at radius 1 is 1.60 bits per heavy atom. The van der Waals surface area contributed by atoms with Crippen molar-refractivity contribution in [3.8, 4) is 0 Å². The highest BCUT2D eigenvalue weighted by molar-refractivity contribution is 6.33. The molecule has 0 fully saturated rings. The number of rotatable bonds is 3. The maximum absolute atomic E-state index is 12.9. The molecule has 82 valence electrons. The van der Waals surface area contributed by atoms with Crippen molar-refractivity contribution in [1.82, 2.24) is 0 Å². The summed E-state index contributed by atoms with van der Waals surface area (Å²) < 4.78 is 17.7. The summed E-state index contributed by atoms with van der Waals surface area (Å²) in [6.07, 6.45) is -0.000324. The van der Waals surface area contributed by atoms with Crippen molar-refractivity contribution < 1.29 is 13.9 Å². The van der Waals surface area contributed by atoms with Gasteiger partial charge in [-0.05, 0) is 18.6 Å². The molecule has 15 heavy (non-hydrogen) atoms. The first kappa shape index (κ1) is 11.8. The zero-order valence-corrected chi connectivity index (χ0v) is 8.97. The van der Waals surface area contributed by atoms with E-state index in [1.165, 1.54) is 12.1 Å². The van der Waals surface area contributed by atoms with Crippen molar-refractivity contribution in [3.63, 3.8) is 0 Å². The molecule has 0 amide bonds. The van der Waals surface area contributed by atoms with Gasteiger partial charge in [-0.3, -0.25) is 4.79 Å². The van der Waals surface area contributed by atoms with Crippen LogP contribution in [-0.2, 0) is 16.0 Å². The molecule has 0 aliphatic heterocycles. The number of hydrogen-bond acceptors (Lipinski definition) is 3. The molecule has 0 aromatic heterocycles. The van der Waals surface area contributed by atoms with E-state index >= 15 is 0 Å². The quantitative estimate of drug-likeness (QED) is 0.641. The molecule has 0 heterocycles. The molecule has 1 aromatic carbocycles. The lowest BCUT2D eigenvalue weighted by atomic mass is 10.1. The monoisotopic (exact) mass is 231 g/mol. The number of esters is 1. The van der Waals surface area contributed by atoms with Crippen LogP contribution in [0.3, 0.4) is 0 Å². The van der Waals surface area contributed by atoms with E-state index in [4.69, 9.17) is 22.1 Å². The van der Waals surface area contributed by atoms with Gasteiger partial charge in [0.2, 0.25) is 0 Å². The molecular weight excluding hydrogens is 221 g/mol. The lowest BCUT2D eigenvalue weighted by molar-refractivity contribution is -0.142. The molecule has 0 saturated carbocycles. The Hall–Kier alpha value is -1.29. The number of nitrogen functional groups attached to an aromatic ring is 1. The van der Waals surface area contributed by atoms with Crippen LogP contribution >= 0.6 is 11.6 Å². The first-order chi connectivity index (χ1) is 7.06. The number of halogens is 2. The van der Waals surface area contributed by atoms with Crippen LogP contribution in [0.1, 0.15) is 12.5 Å². The van der Waals surface area contributed by atoms with Crippen LogP contribution in [0.15, 0.2) is 12.1 Å². The Labute approximate surface area is 92.0 Å². The summed E-state index contributed by atoms with van der Waals surface area (Å²) >= 11 is 5.59. The zero-order chi connectivity index (χ0) is 11.4. The van der Waals surface area contributed by atoms with Crippen LogP contribution in [0.25, 0.3) is 0 Å². The minimum Gasteiger partial charge on any atom is -0.466 e. The van der Waals surface area contributed by atoms with Crippen molar-refractivity contribution in [3.05, 3.63) is 28.5 Å². The second-order valence-corrected chi connectivity index (χ2v) is 3.29. The van der Waals surface area contributed by atoms with Crippen LogP contribution in [0.2, 0.25) is 5.02 Å². The fraction of sp³-hybridized carbons (Fsp3) is 0.300. The molecule has 0 spiro atoms. The summed E-state index contributed by atoms with van der Waals surface area (Å²) in [6.45, 7) is 2.01. The zero-order valence-electron chi connectivity index (χ0n) is 8.22. The van der Waals surface area contributed by atoms with Gasteiger partial charge < -0.3 is 10.5 Å². The number of carbonyl (C=O) groups is 1. The van der Waals surface area contributed by atoms with Crippen LogP contribution in [0.5, 0.6) is 0 Å². The summed E-state index contributed by atoms with van der Waals surface area (Å²) in [4.78, 5) is 11.1. The molecule has 1 aromatic rings. The van der Waals surface area contributed by atoms with E-state index in [9.17, 15) is 9.18 Å². The van der Waals surface area contributed by atoms with Crippen molar-refractivity contribution >= 4 is 23.3 Å². The SMILES string of the molecule is CCOC(=O)Cc1ccc(F)c(Cl)c1N. The fourth-order valence-electron chi connectivity index (χ4n) is 1.13. The third kappa shape index (κ3) is 2.83. The van der Waals surface area contributed by atoms with Gasteiger partial charge in [0.25, 0.3) is 0 Å². The van der Waals surface area contributed by atoms with Gasteiger partial charge in [0.05, 0.1) is 23.7 Å². The van der Waals surface area contributed by atoms with Crippen molar-refractivity contribution in [2.45, 2.75) is 13.3 Å². The number of hydrogen-bond donors (Lipinski definition) is 1. The first-order valence-electron chi connectivity index (χ1n) is 4.44. The number of anilines is 1. The van der Waals surface area contributed by atoms with E-state index in [1.54, 1.807) is 6.92 Å². The van der Waals surface area contributed by atoms with E-state index in [0.717, 1.165) is 0 Å². The first-order valence-corrected chi connectivity index (χ1v) is 4.82. The second-order valence-electron chi connectivity index (χ2n) is 2.92. The Balaban J connectivity index is 2.87. The number of carbonyl (C=O) groups excluding carboxylic acids is 1. The summed E-state index contributed by atoms with van der Waals surface area (Å²) in [6, 6.07) is 2.60. The Bertz CT molecular complexity index is 382.